The summed E-state index contributed by atoms with van der Waals surface area (Å²) in [5, 5.41) is 30.5. The highest BCUT2D eigenvalue weighted by atomic mass is 16.7. The van der Waals surface area contributed by atoms with Gasteiger partial charge in [-0.3, -0.25) is 0 Å². The molecule has 0 saturated carbocycles. The average molecular weight is 366 g/mol. The van der Waals surface area contributed by atoms with Crippen LogP contribution in [0.15, 0.2) is 54.6 Å². The van der Waals surface area contributed by atoms with E-state index in [4.69, 9.17) is 9.47 Å². The van der Waals surface area contributed by atoms with Crippen molar-refractivity contribution < 1.29 is 24.8 Å². The van der Waals surface area contributed by atoms with Gasteiger partial charge in [-0.2, -0.15) is 0 Å². The van der Waals surface area contributed by atoms with Gasteiger partial charge in [-0.1, -0.05) is 18.2 Å². The number of rotatable bonds is 5. The summed E-state index contributed by atoms with van der Waals surface area (Å²) in [5.41, 5.74) is 2.03. The molecule has 5 nitrogen and oxygen atoms in total. The zero-order valence-corrected chi connectivity index (χ0v) is 15.4. The summed E-state index contributed by atoms with van der Waals surface area (Å²) < 4.78 is 11.8. The number of aromatic hydroxyl groups is 3. The van der Waals surface area contributed by atoms with Gasteiger partial charge in [0.2, 0.25) is 6.29 Å². The molecule has 3 aromatic carbocycles. The van der Waals surface area contributed by atoms with Gasteiger partial charge in [-0.05, 0) is 61.4 Å². The predicted octanol–water partition coefficient (Wildman–Crippen LogP) is 4.89. The van der Waals surface area contributed by atoms with Crippen molar-refractivity contribution in [2.45, 2.75) is 27.1 Å². The van der Waals surface area contributed by atoms with E-state index in [2.05, 4.69) is 0 Å². The molecule has 3 rings (SSSR count). The molecule has 140 valence electrons. The fraction of sp³-hybridized carbons (Fsp3) is 0.182. The summed E-state index contributed by atoms with van der Waals surface area (Å²) in [4.78, 5) is 0. The Balaban J connectivity index is 2.01. The van der Waals surface area contributed by atoms with Crippen LogP contribution in [0.25, 0.3) is 11.1 Å². The fourth-order valence-electron chi connectivity index (χ4n) is 2.96. The molecule has 0 aliphatic heterocycles. The molecule has 1 unspecified atom stereocenters. The topological polar surface area (TPSA) is 79.2 Å². The first-order valence-corrected chi connectivity index (χ1v) is 8.60. The van der Waals surface area contributed by atoms with E-state index in [1.165, 1.54) is 18.2 Å². The maximum atomic E-state index is 10.5. The first-order chi connectivity index (χ1) is 12.8. The Morgan fingerprint density at radius 3 is 2.00 bits per heavy atom. The van der Waals surface area contributed by atoms with Crippen LogP contribution in [0, 0.1) is 13.8 Å². The van der Waals surface area contributed by atoms with E-state index in [9.17, 15) is 15.3 Å². The van der Waals surface area contributed by atoms with E-state index in [1.54, 1.807) is 26.8 Å². The molecular formula is C22H22O5. The SMILES string of the molecule is Cc1cc(O)cc(-c2cc(O)cc(C)c2OC(C)Oc2ccccc2)c1O. The second-order valence-corrected chi connectivity index (χ2v) is 6.41. The standard InChI is InChI=1S/C22H22O5/c1-13-9-16(23)11-19(21(13)25)20-12-17(24)10-14(2)22(20)27-15(3)26-18-7-5-4-6-8-18/h4-12,15,23-25H,1-3H3. The number of phenolic OH excluding ortho intramolecular Hbond substituents is 3. The van der Waals surface area contributed by atoms with Gasteiger partial charge in [0, 0.05) is 18.1 Å². The Hall–Kier alpha value is -3.34. The lowest BCUT2D eigenvalue weighted by Crippen LogP contribution is -2.20. The van der Waals surface area contributed by atoms with Gasteiger partial charge in [0.05, 0.1) is 0 Å². The first kappa shape index (κ1) is 18.5. The zero-order chi connectivity index (χ0) is 19.6. The van der Waals surface area contributed by atoms with Gasteiger partial charge in [-0.15, -0.1) is 0 Å². The van der Waals surface area contributed by atoms with Crippen molar-refractivity contribution in [3.63, 3.8) is 0 Å². The molecule has 0 fully saturated rings. The number of hydrogen-bond acceptors (Lipinski definition) is 5. The van der Waals surface area contributed by atoms with Gasteiger partial charge in [0.15, 0.2) is 0 Å². The minimum Gasteiger partial charge on any atom is -0.508 e. The minimum atomic E-state index is -0.616. The fourth-order valence-corrected chi connectivity index (χ4v) is 2.96. The van der Waals surface area contributed by atoms with Crippen LogP contribution in [0.4, 0.5) is 0 Å². The second-order valence-electron chi connectivity index (χ2n) is 6.41. The third-order valence-electron chi connectivity index (χ3n) is 4.16. The van der Waals surface area contributed by atoms with Crippen LogP contribution in [0.3, 0.4) is 0 Å². The van der Waals surface area contributed by atoms with Crippen LogP contribution in [-0.2, 0) is 0 Å². The molecule has 0 spiro atoms. The van der Waals surface area contributed by atoms with Gasteiger partial charge in [0.1, 0.15) is 28.7 Å². The number of hydrogen-bond donors (Lipinski definition) is 3. The second kappa shape index (κ2) is 7.50. The molecule has 5 heteroatoms. The normalized spacial score (nSPS) is 11.8. The molecule has 0 amide bonds. The van der Waals surface area contributed by atoms with Gasteiger partial charge in [-0.25, -0.2) is 0 Å². The Morgan fingerprint density at radius 1 is 0.741 bits per heavy atom. The molecule has 0 heterocycles. The monoisotopic (exact) mass is 366 g/mol. The number of phenols is 3. The van der Waals surface area contributed by atoms with Crippen molar-refractivity contribution in [2.24, 2.45) is 0 Å². The van der Waals surface area contributed by atoms with Crippen LogP contribution in [0.5, 0.6) is 28.7 Å². The maximum absolute atomic E-state index is 10.5. The third-order valence-corrected chi connectivity index (χ3v) is 4.16. The highest BCUT2D eigenvalue weighted by Gasteiger charge is 2.19. The summed E-state index contributed by atoms with van der Waals surface area (Å²) in [6.07, 6.45) is -0.616. The van der Waals surface area contributed by atoms with Crippen molar-refractivity contribution in [1.82, 2.24) is 0 Å². The third kappa shape index (κ3) is 4.08. The van der Waals surface area contributed by atoms with Crippen LogP contribution >= 0.6 is 0 Å². The summed E-state index contributed by atoms with van der Waals surface area (Å²) in [7, 11) is 0. The molecule has 3 N–H and O–H groups in total. The molecule has 0 aliphatic rings. The van der Waals surface area contributed by atoms with E-state index >= 15 is 0 Å². The molecule has 1 atom stereocenters. The highest BCUT2D eigenvalue weighted by Crippen LogP contribution is 2.43. The maximum Gasteiger partial charge on any atom is 0.238 e. The molecule has 27 heavy (non-hydrogen) atoms. The van der Waals surface area contributed by atoms with Gasteiger partial charge >= 0.3 is 0 Å². The molecule has 3 aromatic rings. The van der Waals surface area contributed by atoms with Crippen LogP contribution < -0.4 is 9.47 Å². The van der Waals surface area contributed by atoms with E-state index < -0.39 is 6.29 Å². The van der Waals surface area contributed by atoms with Crippen molar-refractivity contribution in [3.05, 3.63) is 65.7 Å². The minimum absolute atomic E-state index is 0.0132. The van der Waals surface area contributed by atoms with Crippen LogP contribution in [0.1, 0.15) is 18.1 Å². The summed E-state index contributed by atoms with van der Waals surface area (Å²) in [6.45, 7) is 5.24. The molecule has 0 saturated heterocycles. The Bertz CT molecular complexity index is 951. The number of benzene rings is 3. The molecule has 0 aromatic heterocycles. The lowest BCUT2D eigenvalue weighted by atomic mass is 9.98. The molecule has 0 radical (unpaired) electrons. The molecule has 0 bridgehead atoms. The number of aryl methyl sites for hydroxylation is 2. The van der Waals surface area contributed by atoms with Crippen LogP contribution in [-0.4, -0.2) is 21.6 Å². The summed E-state index contributed by atoms with van der Waals surface area (Å²) in [6, 6.07) is 15.3. The first-order valence-electron chi connectivity index (χ1n) is 8.60. The van der Waals surface area contributed by atoms with Gasteiger partial charge < -0.3 is 24.8 Å². The smallest absolute Gasteiger partial charge is 0.238 e. The summed E-state index contributed by atoms with van der Waals surface area (Å²) >= 11 is 0. The molecular weight excluding hydrogens is 344 g/mol. The van der Waals surface area contributed by atoms with Crippen molar-refractivity contribution in [2.75, 3.05) is 0 Å². The molecule has 0 aliphatic carbocycles. The quantitative estimate of drug-likeness (QED) is 0.442. The van der Waals surface area contributed by atoms with Crippen molar-refractivity contribution in [3.8, 4) is 39.9 Å². The highest BCUT2D eigenvalue weighted by molar-refractivity contribution is 5.80. The van der Waals surface area contributed by atoms with Crippen LogP contribution in [0.2, 0.25) is 0 Å². The summed E-state index contributed by atoms with van der Waals surface area (Å²) in [5.74, 6) is 1.18. The van der Waals surface area contributed by atoms with E-state index in [1.807, 2.05) is 30.3 Å². The lowest BCUT2D eigenvalue weighted by Gasteiger charge is -2.21. The number of ether oxygens (including phenoxy) is 2. The Morgan fingerprint density at radius 2 is 1.33 bits per heavy atom. The number of para-hydroxylation sites is 1. The Kier molecular flexibility index (Phi) is 5.12. The van der Waals surface area contributed by atoms with Gasteiger partial charge in [0.25, 0.3) is 0 Å². The lowest BCUT2D eigenvalue weighted by molar-refractivity contribution is 0.0222. The van der Waals surface area contributed by atoms with E-state index in [-0.39, 0.29) is 17.2 Å². The van der Waals surface area contributed by atoms with E-state index in [0.717, 1.165) is 0 Å². The average Bonchev–Trinajstić information content (AvgIpc) is 2.61. The largest absolute Gasteiger partial charge is 0.508 e. The zero-order valence-electron chi connectivity index (χ0n) is 15.4. The van der Waals surface area contributed by atoms with E-state index in [0.29, 0.717) is 33.8 Å². The van der Waals surface area contributed by atoms with Crippen molar-refractivity contribution >= 4 is 0 Å². The Labute approximate surface area is 158 Å². The predicted molar refractivity (Wildman–Crippen MR) is 104 cm³/mol. The van der Waals surface area contributed by atoms with Crippen molar-refractivity contribution in [1.29, 1.82) is 0 Å².